The SMILES string of the molecule is CCCCOC(=O)C(CCCC=O)(NCc1ccccc1)OCCCC.Cl. The molecule has 1 unspecified atom stereocenters. The molecule has 1 N–H and O–H groups in total. The molecule has 0 spiro atoms. The van der Waals surface area contributed by atoms with Gasteiger partial charge in [0.25, 0.3) is 0 Å². The second kappa shape index (κ2) is 15.6. The highest BCUT2D eigenvalue weighted by atomic mass is 35.5. The van der Waals surface area contributed by atoms with Gasteiger partial charge in [-0.15, -0.1) is 12.4 Å². The average Bonchev–Trinajstić information content (AvgIpc) is 2.67. The molecule has 0 amide bonds. The second-order valence-electron chi connectivity index (χ2n) is 6.42. The Bertz CT molecular complexity index is 512. The van der Waals surface area contributed by atoms with E-state index in [1.165, 1.54) is 0 Å². The van der Waals surface area contributed by atoms with Crippen molar-refractivity contribution in [1.29, 1.82) is 0 Å². The molecule has 0 aromatic heterocycles. The summed E-state index contributed by atoms with van der Waals surface area (Å²) in [5.74, 6) is -0.385. The third-order valence-corrected chi connectivity index (χ3v) is 4.18. The van der Waals surface area contributed by atoms with E-state index < -0.39 is 5.72 Å². The smallest absolute Gasteiger partial charge is 0.353 e. The van der Waals surface area contributed by atoms with E-state index in [9.17, 15) is 9.59 Å². The van der Waals surface area contributed by atoms with Gasteiger partial charge < -0.3 is 14.3 Å². The quantitative estimate of drug-likeness (QED) is 0.204. The number of carbonyl (C=O) groups is 2. The maximum Gasteiger partial charge on any atom is 0.353 e. The zero-order valence-electron chi connectivity index (χ0n) is 16.6. The minimum absolute atomic E-state index is 0. The van der Waals surface area contributed by atoms with Crippen molar-refractivity contribution in [3.8, 4) is 0 Å². The van der Waals surface area contributed by atoms with Gasteiger partial charge in [-0.3, -0.25) is 5.32 Å². The van der Waals surface area contributed by atoms with Crippen LogP contribution in [0.15, 0.2) is 30.3 Å². The van der Waals surface area contributed by atoms with Crippen molar-refractivity contribution in [1.82, 2.24) is 5.32 Å². The lowest BCUT2D eigenvalue weighted by atomic mass is 10.0. The maximum absolute atomic E-state index is 12.9. The Hall–Kier alpha value is -1.43. The van der Waals surface area contributed by atoms with Gasteiger partial charge in [0, 0.05) is 26.0 Å². The number of hydrogen-bond donors (Lipinski definition) is 1. The molecule has 0 bridgehead atoms. The first kappa shape index (κ1) is 25.6. The van der Waals surface area contributed by atoms with Crippen LogP contribution >= 0.6 is 12.4 Å². The van der Waals surface area contributed by atoms with Gasteiger partial charge in [0.05, 0.1) is 6.61 Å². The van der Waals surface area contributed by atoms with Crippen LogP contribution in [0.5, 0.6) is 0 Å². The predicted octanol–water partition coefficient (Wildman–Crippen LogP) is 4.42. The number of benzene rings is 1. The summed E-state index contributed by atoms with van der Waals surface area (Å²) in [6, 6.07) is 9.87. The number of esters is 1. The van der Waals surface area contributed by atoms with Crippen LogP contribution in [-0.4, -0.2) is 31.2 Å². The molecule has 0 saturated carbocycles. The molecule has 1 rings (SSSR count). The van der Waals surface area contributed by atoms with Crippen LogP contribution in [0.1, 0.15) is 64.4 Å². The highest BCUT2D eigenvalue weighted by molar-refractivity contribution is 5.85. The molecule has 0 aliphatic carbocycles. The maximum atomic E-state index is 12.9. The zero-order valence-corrected chi connectivity index (χ0v) is 17.4. The third-order valence-electron chi connectivity index (χ3n) is 4.18. The van der Waals surface area contributed by atoms with Gasteiger partial charge in [-0.05, 0) is 24.8 Å². The Balaban J connectivity index is 0.00000676. The summed E-state index contributed by atoms with van der Waals surface area (Å²) in [6.07, 6.45) is 5.88. The minimum Gasteiger partial charge on any atom is -0.463 e. The lowest BCUT2D eigenvalue weighted by molar-refractivity contribution is -0.180. The summed E-state index contributed by atoms with van der Waals surface area (Å²) in [4.78, 5) is 23.6. The first-order valence-corrected chi connectivity index (χ1v) is 9.72. The fraction of sp³-hybridized carbons (Fsp3) is 0.619. The summed E-state index contributed by atoms with van der Waals surface area (Å²) < 4.78 is 11.5. The van der Waals surface area contributed by atoms with Gasteiger partial charge in [0.1, 0.15) is 6.29 Å². The van der Waals surface area contributed by atoms with Crippen molar-refractivity contribution >= 4 is 24.7 Å². The molecule has 0 heterocycles. The topological polar surface area (TPSA) is 64.6 Å². The van der Waals surface area contributed by atoms with E-state index in [1.807, 2.05) is 30.3 Å². The largest absolute Gasteiger partial charge is 0.463 e. The lowest BCUT2D eigenvalue weighted by Gasteiger charge is -2.33. The molecule has 27 heavy (non-hydrogen) atoms. The van der Waals surface area contributed by atoms with Crippen LogP contribution in [-0.2, 0) is 25.6 Å². The number of rotatable bonds is 15. The van der Waals surface area contributed by atoms with E-state index in [1.54, 1.807) is 0 Å². The molecular formula is C21H34ClNO4. The summed E-state index contributed by atoms with van der Waals surface area (Å²) in [5.41, 5.74) is -0.144. The highest BCUT2D eigenvalue weighted by Crippen LogP contribution is 2.21. The van der Waals surface area contributed by atoms with Crippen molar-refractivity contribution in [2.45, 2.75) is 71.1 Å². The summed E-state index contributed by atoms with van der Waals surface area (Å²) in [5, 5.41) is 3.28. The standard InChI is InChI=1S/C21H33NO4.ClH/c1-3-5-16-25-20(24)21(14-10-11-15-23,26-17-6-4-2)22-18-19-12-8-7-9-13-19;/h7-9,12-13,15,22H,3-6,10-11,14,16-18H2,1-2H3;1H. The molecule has 1 atom stereocenters. The van der Waals surface area contributed by atoms with Gasteiger partial charge in [-0.2, -0.15) is 0 Å². The highest BCUT2D eigenvalue weighted by Gasteiger charge is 2.40. The summed E-state index contributed by atoms with van der Waals surface area (Å²) >= 11 is 0. The lowest BCUT2D eigenvalue weighted by Crippen LogP contribution is -2.55. The zero-order chi connectivity index (χ0) is 19.1. The van der Waals surface area contributed by atoms with Crippen LogP contribution in [0.4, 0.5) is 0 Å². The van der Waals surface area contributed by atoms with Crippen LogP contribution in [0, 0.1) is 0 Å². The van der Waals surface area contributed by atoms with Crippen molar-refractivity contribution in [2.24, 2.45) is 0 Å². The van der Waals surface area contributed by atoms with E-state index in [0.29, 0.717) is 39.0 Å². The van der Waals surface area contributed by atoms with Crippen molar-refractivity contribution in [2.75, 3.05) is 13.2 Å². The number of unbranched alkanes of at least 4 members (excludes halogenated alkanes) is 3. The van der Waals surface area contributed by atoms with E-state index >= 15 is 0 Å². The Kier molecular flexibility index (Phi) is 14.8. The Morgan fingerprint density at radius 1 is 1.07 bits per heavy atom. The molecule has 0 aliphatic rings. The fourth-order valence-electron chi connectivity index (χ4n) is 2.54. The van der Waals surface area contributed by atoms with E-state index in [0.717, 1.165) is 37.5 Å². The molecule has 5 nitrogen and oxygen atoms in total. The molecule has 154 valence electrons. The minimum atomic E-state index is -1.21. The molecule has 0 aliphatic heterocycles. The number of ether oxygens (including phenoxy) is 2. The van der Waals surface area contributed by atoms with Crippen LogP contribution in [0.25, 0.3) is 0 Å². The Labute approximate surface area is 169 Å². The van der Waals surface area contributed by atoms with Gasteiger partial charge in [-0.1, -0.05) is 57.0 Å². The molecule has 0 saturated heterocycles. The van der Waals surface area contributed by atoms with Gasteiger partial charge in [0.15, 0.2) is 0 Å². The second-order valence-corrected chi connectivity index (χ2v) is 6.42. The molecule has 0 fully saturated rings. The van der Waals surface area contributed by atoms with E-state index in [4.69, 9.17) is 9.47 Å². The number of hydrogen-bond acceptors (Lipinski definition) is 5. The summed E-state index contributed by atoms with van der Waals surface area (Å²) in [6.45, 7) is 5.49. The first-order valence-electron chi connectivity index (χ1n) is 9.72. The van der Waals surface area contributed by atoms with Crippen molar-refractivity contribution < 1.29 is 19.1 Å². The average molecular weight is 400 g/mol. The van der Waals surface area contributed by atoms with Crippen molar-refractivity contribution in [3.63, 3.8) is 0 Å². The molecule has 0 radical (unpaired) electrons. The first-order chi connectivity index (χ1) is 12.7. The van der Waals surface area contributed by atoms with Crippen LogP contribution < -0.4 is 5.32 Å². The number of halogens is 1. The monoisotopic (exact) mass is 399 g/mol. The molecule has 1 aromatic carbocycles. The number of nitrogens with one attached hydrogen (secondary N) is 1. The summed E-state index contributed by atoms with van der Waals surface area (Å²) in [7, 11) is 0. The predicted molar refractivity (Wildman–Crippen MR) is 110 cm³/mol. The van der Waals surface area contributed by atoms with Crippen LogP contribution in [0.2, 0.25) is 0 Å². The fourth-order valence-corrected chi connectivity index (χ4v) is 2.54. The van der Waals surface area contributed by atoms with E-state index in [-0.39, 0.29) is 18.4 Å². The normalized spacial score (nSPS) is 12.7. The number of carbonyl (C=O) groups excluding carboxylic acids is 2. The van der Waals surface area contributed by atoms with E-state index in [2.05, 4.69) is 19.2 Å². The molecular weight excluding hydrogens is 366 g/mol. The van der Waals surface area contributed by atoms with Gasteiger partial charge in [0.2, 0.25) is 5.72 Å². The molecule has 1 aromatic rings. The Morgan fingerprint density at radius 2 is 1.74 bits per heavy atom. The van der Waals surface area contributed by atoms with Crippen molar-refractivity contribution in [3.05, 3.63) is 35.9 Å². The van der Waals surface area contributed by atoms with Crippen LogP contribution in [0.3, 0.4) is 0 Å². The molecule has 6 heteroatoms. The van der Waals surface area contributed by atoms with Gasteiger partial charge >= 0.3 is 5.97 Å². The number of aldehydes is 1. The third kappa shape index (κ3) is 9.89. The van der Waals surface area contributed by atoms with Gasteiger partial charge in [-0.25, -0.2) is 4.79 Å². The Morgan fingerprint density at radius 3 is 2.37 bits per heavy atom.